The largest absolute Gasteiger partial charge is 0.383 e. The van der Waals surface area contributed by atoms with Gasteiger partial charge in [0.05, 0.1) is 44.9 Å². The smallest absolute Gasteiger partial charge is 0.163 e. The fourth-order valence-electron chi connectivity index (χ4n) is 4.02. The Balaban J connectivity index is 1.71. The van der Waals surface area contributed by atoms with Crippen molar-refractivity contribution in [2.45, 2.75) is 19.4 Å². The average Bonchev–Trinajstić information content (AvgIpc) is 3.46. The number of rotatable bonds is 2. The summed E-state index contributed by atoms with van der Waals surface area (Å²) in [5, 5.41) is 9.22. The molecule has 156 valence electrons. The van der Waals surface area contributed by atoms with Crippen LogP contribution < -0.4 is 11.1 Å². The summed E-state index contributed by atoms with van der Waals surface area (Å²) < 4.78 is 3.77. The molecule has 1 aliphatic heterocycles. The number of hydrogen-bond donors (Lipinski definition) is 2. The number of imidazole rings is 1. The van der Waals surface area contributed by atoms with E-state index in [9.17, 15) is 4.79 Å². The second-order valence-corrected chi connectivity index (χ2v) is 8.11. The minimum atomic E-state index is -0.0900. The zero-order chi connectivity index (χ0) is 21.7. The molecular weight excluding hydrogens is 414 g/mol. The van der Waals surface area contributed by atoms with Gasteiger partial charge in [0.2, 0.25) is 0 Å². The van der Waals surface area contributed by atoms with Gasteiger partial charge in [-0.25, -0.2) is 9.97 Å². The van der Waals surface area contributed by atoms with Crippen LogP contribution in [0.25, 0.3) is 21.9 Å². The highest BCUT2D eigenvalue weighted by Gasteiger charge is 2.25. The summed E-state index contributed by atoms with van der Waals surface area (Å²) in [6.07, 6.45) is 4.16. The molecule has 8 nitrogen and oxygen atoms in total. The molecule has 4 aromatic rings. The number of anilines is 1. The van der Waals surface area contributed by atoms with Crippen molar-refractivity contribution in [2.75, 3.05) is 18.8 Å². The summed E-state index contributed by atoms with van der Waals surface area (Å²) in [5.74, 6) is 6.43. The summed E-state index contributed by atoms with van der Waals surface area (Å²) >= 11 is 6.46. The van der Waals surface area contributed by atoms with Crippen LogP contribution in [-0.4, -0.2) is 43.2 Å². The van der Waals surface area contributed by atoms with Gasteiger partial charge in [-0.05, 0) is 37.9 Å². The van der Waals surface area contributed by atoms with Gasteiger partial charge in [0.1, 0.15) is 11.5 Å². The predicted molar refractivity (Wildman–Crippen MR) is 120 cm³/mol. The Bertz CT molecular complexity index is 1420. The van der Waals surface area contributed by atoms with Crippen molar-refractivity contribution in [1.82, 2.24) is 29.6 Å². The Kier molecular flexibility index (Phi) is 4.65. The molecule has 0 bridgehead atoms. The summed E-state index contributed by atoms with van der Waals surface area (Å²) in [6.45, 7) is 3.18. The van der Waals surface area contributed by atoms with Gasteiger partial charge in [0.25, 0.3) is 0 Å². The van der Waals surface area contributed by atoms with Crippen LogP contribution in [0.2, 0.25) is 5.02 Å². The van der Waals surface area contributed by atoms with E-state index in [1.165, 1.54) is 13.1 Å². The molecule has 0 saturated carbocycles. The van der Waals surface area contributed by atoms with Gasteiger partial charge in [0.15, 0.2) is 5.78 Å². The quantitative estimate of drug-likeness (QED) is 0.372. The number of ketones is 1. The van der Waals surface area contributed by atoms with Crippen molar-refractivity contribution >= 4 is 45.1 Å². The van der Waals surface area contributed by atoms with Gasteiger partial charge >= 0.3 is 0 Å². The van der Waals surface area contributed by atoms with E-state index in [0.717, 1.165) is 30.5 Å². The molecule has 5 rings (SSSR count). The molecule has 31 heavy (non-hydrogen) atoms. The maximum atomic E-state index is 12.3. The molecule has 1 fully saturated rings. The third kappa shape index (κ3) is 3.23. The number of fused-ring (bicyclic) bond motifs is 2. The van der Waals surface area contributed by atoms with Crippen molar-refractivity contribution in [3.63, 3.8) is 0 Å². The Morgan fingerprint density at radius 3 is 2.90 bits per heavy atom. The SMILES string of the molecule is CC(=O)c1cnc(N)c2c(C#Cc3cc4ncn(C)c4cc3Cl)nn(C3CCNC3)c12. The van der Waals surface area contributed by atoms with E-state index in [1.54, 1.807) is 6.33 Å². The lowest BCUT2D eigenvalue weighted by Crippen LogP contribution is -2.15. The maximum Gasteiger partial charge on any atom is 0.163 e. The van der Waals surface area contributed by atoms with Gasteiger partial charge in [0, 0.05) is 25.4 Å². The molecule has 1 aliphatic rings. The van der Waals surface area contributed by atoms with Crippen LogP contribution in [0.5, 0.6) is 0 Å². The number of Topliss-reactive ketones (excluding diaryl/α,β-unsaturated/α-hetero) is 1. The number of carbonyl (C=O) groups is 1. The Morgan fingerprint density at radius 2 is 2.16 bits per heavy atom. The summed E-state index contributed by atoms with van der Waals surface area (Å²) in [5.41, 5.74) is 10.3. The van der Waals surface area contributed by atoms with Crippen molar-refractivity contribution in [3.05, 3.63) is 46.5 Å². The standard InChI is InChI=1S/C22H20ClN7O/c1-12(31)15-10-26-22(24)20-17(28-30(21(15)20)14-5-6-25-9-14)4-3-13-7-18-19(8-16(13)23)29(2)11-27-18/h7-8,10-11,14,25H,5-6,9H2,1-2H3,(H2,24,26). The summed E-state index contributed by atoms with van der Waals surface area (Å²) in [6, 6.07) is 3.82. The third-order valence-corrected chi connectivity index (χ3v) is 5.96. The lowest BCUT2D eigenvalue weighted by Gasteiger charge is -2.12. The van der Waals surface area contributed by atoms with Crippen molar-refractivity contribution in [2.24, 2.45) is 7.05 Å². The number of carbonyl (C=O) groups excluding carboxylic acids is 1. The Labute approximate surface area is 183 Å². The van der Waals surface area contributed by atoms with Crippen molar-refractivity contribution < 1.29 is 4.79 Å². The van der Waals surface area contributed by atoms with Crippen molar-refractivity contribution in [3.8, 4) is 11.8 Å². The molecule has 1 saturated heterocycles. The van der Waals surface area contributed by atoms with E-state index in [0.29, 0.717) is 38.6 Å². The number of aromatic nitrogens is 5. The Morgan fingerprint density at radius 1 is 1.32 bits per heavy atom. The molecule has 9 heteroatoms. The fourth-order valence-corrected chi connectivity index (χ4v) is 4.23. The van der Waals surface area contributed by atoms with E-state index < -0.39 is 0 Å². The number of nitrogen functional groups attached to an aromatic ring is 1. The topological polar surface area (TPSA) is 104 Å². The lowest BCUT2D eigenvalue weighted by atomic mass is 10.1. The van der Waals surface area contributed by atoms with E-state index >= 15 is 0 Å². The minimum absolute atomic E-state index is 0.0900. The van der Waals surface area contributed by atoms with Crippen LogP contribution in [0.15, 0.2) is 24.7 Å². The number of hydrogen-bond acceptors (Lipinski definition) is 6. The molecule has 1 aromatic carbocycles. The number of nitrogens with zero attached hydrogens (tertiary/aromatic N) is 5. The molecule has 3 N–H and O–H groups in total. The number of halogens is 1. The van der Waals surface area contributed by atoms with Gasteiger partial charge in [-0.1, -0.05) is 17.5 Å². The van der Waals surface area contributed by atoms with Gasteiger partial charge in [-0.15, -0.1) is 0 Å². The van der Waals surface area contributed by atoms with E-state index in [2.05, 4.69) is 27.1 Å². The molecule has 0 aliphatic carbocycles. The average molecular weight is 434 g/mol. The van der Waals surface area contributed by atoms with Crippen LogP contribution in [0.3, 0.4) is 0 Å². The van der Waals surface area contributed by atoms with Crippen LogP contribution >= 0.6 is 11.6 Å². The first-order valence-corrected chi connectivity index (χ1v) is 10.3. The summed E-state index contributed by atoms with van der Waals surface area (Å²) in [4.78, 5) is 20.9. The second kappa shape index (κ2) is 7.38. The fraction of sp³-hybridized carbons (Fsp3) is 0.273. The zero-order valence-electron chi connectivity index (χ0n) is 17.1. The number of nitrogens with one attached hydrogen (secondary N) is 1. The van der Waals surface area contributed by atoms with Crippen LogP contribution in [0.1, 0.15) is 41.0 Å². The van der Waals surface area contributed by atoms with E-state index in [1.807, 2.05) is 28.4 Å². The van der Waals surface area contributed by atoms with E-state index in [-0.39, 0.29) is 11.8 Å². The predicted octanol–water partition coefficient (Wildman–Crippen LogP) is 2.69. The molecule has 0 spiro atoms. The molecule has 4 heterocycles. The molecular formula is C22H20ClN7O. The van der Waals surface area contributed by atoms with Crippen molar-refractivity contribution in [1.29, 1.82) is 0 Å². The number of aryl methyl sites for hydroxylation is 1. The van der Waals surface area contributed by atoms with Gasteiger partial charge in [-0.2, -0.15) is 5.10 Å². The normalized spacial score (nSPS) is 16.0. The highest BCUT2D eigenvalue weighted by Crippen LogP contribution is 2.31. The van der Waals surface area contributed by atoms with Crippen LogP contribution in [0.4, 0.5) is 5.82 Å². The number of nitrogens with two attached hydrogens (primary N) is 1. The molecule has 1 atom stereocenters. The second-order valence-electron chi connectivity index (χ2n) is 7.70. The highest BCUT2D eigenvalue weighted by atomic mass is 35.5. The van der Waals surface area contributed by atoms with E-state index in [4.69, 9.17) is 22.4 Å². The highest BCUT2D eigenvalue weighted by molar-refractivity contribution is 6.32. The number of benzene rings is 1. The lowest BCUT2D eigenvalue weighted by molar-refractivity contribution is 0.101. The molecule has 0 amide bonds. The zero-order valence-corrected chi connectivity index (χ0v) is 17.9. The maximum absolute atomic E-state index is 12.3. The first kappa shape index (κ1) is 19.5. The van der Waals surface area contributed by atoms with Gasteiger partial charge < -0.3 is 15.6 Å². The third-order valence-electron chi connectivity index (χ3n) is 5.64. The number of pyridine rings is 1. The Hall–Kier alpha value is -3.41. The summed E-state index contributed by atoms with van der Waals surface area (Å²) in [7, 11) is 1.91. The molecule has 3 aromatic heterocycles. The minimum Gasteiger partial charge on any atom is -0.383 e. The molecule has 0 radical (unpaired) electrons. The van der Waals surface area contributed by atoms with Crippen LogP contribution in [0, 0.1) is 11.8 Å². The van der Waals surface area contributed by atoms with Crippen LogP contribution in [-0.2, 0) is 7.05 Å². The monoisotopic (exact) mass is 433 g/mol. The molecule has 1 unspecified atom stereocenters. The first-order valence-electron chi connectivity index (χ1n) is 9.95. The van der Waals surface area contributed by atoms with Gasteiger partial charge in [-0.3, -0.25) is 9.48 Å². The first-order chi connectivity index (χ1) is 14.9.